The number of fused-ring (bicyclic) bond motifs is 1. The Morgan fingerprint density at radius 3 is 2.67 bits per heavy atom. The SMILES string of the molecule is Nc1cnnc2cc(-c3ncccc3C(F)(F)F)ccc12. The molecule has 0 saturated carbocycles. The molecule has 2 aromatic heterocycles. The lowest BCUT2D eigenvalue weighted by Gasteiger charge is -2.12. The molecule has 0 amide bonds. The highest BCUT2D eigenvalue weighted by atomic mass is 19.4. The monoisotopic (exact) mass is 290 g/mol. The number of nitrogen functional groups attached to an aromatic ring is 1. The number of benzene rings is 1. The van der Waals surface area contributed by atoms with Gasteiger partial charge in [0.1, 0.15) is 0 Å². The fourth-order valence-electron chi connectivity index (χ4n) is 2.09. The number of nitrogens with two attached hydrogens (primary N) is 1. The Hall–Kier alpha value is -2.70. The molecule has 0 spiro atoms. The van der Waals surface area contributed by atoms with Crippen LogP contribution in [-0.2, 0) is 6.18 Å². The van der Waals surface area contributed by atoms with Crippen molar-refractivity contribution in [2.24, 2.45) is 0 Å². The summed E-state index contributed by atoms with van der Waals surface area (Å²) < 4.78 is 39.1. The zero-order valence-corrected chi connectivity index (χ0v) is 10.6. The summed E-state index contributed by atoms with van der Waals surface area (Å²) in [6.45, 7) is 0. The topological polar surface area (TPSA) is 64.7 Å². The highest BCUT2D eigenvalue weighted by Gasteiger charge is 2.34. The minimum absolute atomic E-state index is 0.142. The van der Waals surface area contributed by atoms with Crippen LogP contribution in [-0.4, -0.2) is 15.2 Å². The summed E-state index contributed by atoms with van der Waals surface area (Å²) in [4.78, 5) is 3.85. The maximum atomic E-state index is 13.0. The van der Waals surface area contributed by atoms with Gasteiger partial charge in [-0.1, -0.05) is 6.07 Å². The van der Waals surface area contributed by atoms with Crippen LogP contribution in [0.4, 0.5) is 18.9 Å². The van der Waals surface area contributed by atoms with Gasteiger partial charge in [0.15, 0.2) is 0 Å². The molecule has 0 aliphatic rings. The van der Waals surface area contributed by atoms with Crippen LogP contribution < -0.4 is 5.73 Å². The van der Waals surface area contributed by atoms with Crippen molar-refractivity contribution in [1.29, 1.82) is 0 Å². The highest BCUT2D eigenvalue weighted by molar-refractivity contribution is 5.92. The Balaban J connectivity index is 2.22. The van der Waals surface area contributed by atoms with Crippen molar-refractivity contribution in [2.45, 2.75) is 6.18 Å². The summed E-state index contributed by atoms with van der Waals surface area (Å²) in [5, 5.41) is 8.22. The third-order valence-electron chi connectivity index (χ3n) is 3.06. The molecule has 2 N–H and O–H groups in total. The molecular weight excluding hydrogens is 281 g/mol. The number of pyridine rings is 1. The molecule has 7 heteroatoms. The number of rotatable bonds is 1. The molecule has 21 heavy (non-hydrogen) atoms. The maximum absolute atomic E-state index is 13.0. The minimum Gasteiger partial charge on any atom is -0.397 e. The molecule has 0 fully saturated rings. The average molecular weight is 290 g/mol. The maximum Gasteiger partial charge on any atom is 0.418 e. The van der Waals surface area contributed by atoms with E-state index >= 15 is 0 Å². The molecule has 0 radical (unpaired) electrons. The zero-order chi connectivity index (χ0) is 15.0. The van der Waals surface area contributed by atoms with Crippen LogP contribution in [0.2, 0.25) is 0 Å². The number of anilines is 1. The number of hydrogen-bond donors (Lipinski definition) is 1. The molecule has 0 aliphatic carbocycles. The molecule has 2 heterocycles. The van der Waals surface area contributed by atoms with Crippen LogP contribution in [0.25, 0.3) is 22.2 Å². The van der Waals surface area contributed by atoms with E-state index in [4.69, 9.17) is 5.73 Å². The Morgan fingerprint density at radius 1 is 1.10 bits per heavy atom. The Bertz CT molecular complexity index is 815. The van der Waals surface area contributed by atoms with Crippen LogP contribution in [0.5, 0.6) is 0 Å². The van der Waals surface area contributed by atoms with Gasteiger partial charge < -0.3 is 5.73 Å². The van der Waals surface area contributed by atoms with Gasteiger partial charge in [0.05, 0.1) is 28.7 Å². The van der Waals surface area contributed by atoms with Crippen LogP contribution in [0, 0.1) is 0 Å². The molecule has 4 nitrogen and oxygen atoms in total. The van der Waals surface area contributed by atoms with Crippen molar-refractivity contribution in [1.82, 2.24) is 15.2 Å². The molecule has 0 aliphatic heterocycles. The number of halogens is 3. The second-order valence-electron chi connectivity index (χ2n) is 4.43. The van der Waals surface area contributed by atoms with E-state index in [1.54, 1.807) is 6.07 Å². The van der Waals surface area contributed by atoms with Gasteiger partial charge in [0.25, 0.3) is 0 Å². The lowest BCUT2D eigenvalue weighted by molar-refractivity contribution is -0.137. The van der Waals surface area contributed by atoms with Gasteiger partial charge in [-0.3, -0.25) is 4.98 Å². The first kappa shape index (κ1) is 13.3. The molecule has 0 saturated heterocycles. The summed E-state index contributed by atoms with van der Waals surface area (Å²) in [6, 6.07) is 6.90. The van der Waals surface area contributed by atoms with E-state index in [9.17, 15) is 13.2 Å². The minimum atomic E-state index is -4.47. The Kier molecular flexibility index (Phi) is 2.97. The normalized spacial score (nSPS) is 11.8. The van der Waals surface area contributed by atoms with E-state index in [1.165, 1.54) is 30.6 Å². The smallest absolute Gasteiger partial charge is 0.397 e. The third-order valence-corrected chi connectivity index (χ3v) is 3.06. The van der Waals surface area contributed by atoms with Gasteiger partial charge in [-0.15, -0.1) is 0 Å². The van der Waals surface area contributed by atoms with Crippen molar-refractivity contribution < 1.29 is 13.2 Å². The first-order valence-corrected chi connectivity index (χ1v) is 6.00. The van der Waals surface area contributed by atoms with Crippen molar-refractivity contribution in [3.05, 3.63) is 48.3 Å². The second-order valence-corrected chi connectivity index (χ2v) is 4.43. The molecule has 3 aromatic rings. The molecule has 3 rings (SSSR count). The van der Waals surface area contributed by atoms with Gasteiger partial charge in [-0.05, 0) is 24.3 Å². The fraction of sp³-hybridized carbons (Fsp3) is 0.0714. The van der Waals surface area contributed by atoms with E-state index in [-0.39, 0.29) is 5.69 Å². The quantitative estimate of drug-likeness (QED) is 0.747. The summed E-state index contributed by atoms with van der Waals surface area (Å²) >= 11 is 0. The van der Waals surface area contributed by atoms with E-state index in [2.05, 4.69) is 15.2 Å². The standard InChI is InChI=1S/C14H9F3N4/c15-14(16,17)10-2-1-5-19-13(10)8-3-4-9-11(18)7-20-21-12(9)6-8/h1-7H,(H2,18,21). The van der Waals surface area contributed by atoms with Crippen molar-refractivity contribution in [2.75, 3.05) is 5.73 Å². The summed E-state index contributed by atoms with van der Waals surface area (Å²) in [5.74, 6) is 0. The van der Waals surface area contributed by atoms with Crippen LogP contribution in [0.15, 0.2) is 42.7 Å². The van der Waals surface area contributed by atoms with Gasteiger partial charge >= 0.3 is 6.18 Å². The Morgan fingerprint density at radius 2 is 1.90 bits per heavy atom. The average Bonchev–Trinajstić information content (AvgIpc) is 2.46. The predicted octanol–water partition coefficient (Wildman–Crippen LogP) is 3.29. The van der Waals surface area contributed by atoms with Crippen molar-refractivity contribution in [3.8, 4) is 11.3 Å². The predicted molar refractivity (Wildman–Crippen MR) is 72.2 cm³/mol. The van der Waals surface area contributed by atoms with E-state index in [1.807, 2.05) is 0 Å². The van der Waals surface area contributed by atoms with Crippen LogP contribution >= 0.6 is 0 Å². The first-order valence-electron chi connectivity index (χ1n) is 6.00. The number of nitrogens with zero attached hydrogens (tertiary/aromatic N) is 3. The summed E-state index contributed by atoms with van der Waals surface area (Å²) in [5.41, 5.74) is 5.97. The fourth-order valence-corrected chi connectivity index (χ4v) is 2.09. The lowest BCUT2D eigenvalue weighted by Crippen LogP contribution is -2.08. The van der Waals surface area contributed by atoms with E-state index < -0.39 is 11.7 Å². The Labute approximate surface area is 117 Å². The summed E-state index contributed by atoms with van der Waals surface area (Å²) in [6.07, 6.45) is -1.76. The lowest BCUT2D eigenvalue weighted by atomic mass is 10.0. The largest absolute Gasteiger partial charge is 0.418 e. The van der Waals surface area contributed by atoms with Gasteiger partial charge in [-0.2, -0.15) is 23.4 Å². The third kappa shape index (κ3) is 2.37. The van der Waals surface area contributed by atoms with Crippen LogP contribution in [0.3, 0.4) is 0 Å². The van der Waals surface area contributed by atoms with Gasteiger partial charge in [0, 0.05) is 17.1 Å². The molecule has 0 unspecified atom stereocenters. The highest BCUT2D eigenvalue weighted by Crippen LogP contribution is 2.36. The molecular formula is C14H9F3N4. The zero-order valence-electron chi connectivity index (χ0n) is 10.6. The molecule has 106 valence electrons. The van der Waals surface area contributed by atoms with Gasteiger partial charge in [0.2, 0.25) is 0 Å². The van der Waals surface area contributed by atoms with E-state index in [0.717, 1.165) is 6.07 Å². The number of aromatic nitrogens is 3. The van der Waals surface area contributed by atoms with Crippen molar-refractivity contribution >= 4 is 16.6 Å². The molecule has 0 bridgehead atoms. The van der Waals surface area contributed by atoms with E-state index in [0.29, 0.717) is 22.2 Å². The first-order chi connectivity index (χ1) is 9.97. The van der Waals surface area contributed by atoms with Crippen LogP contribution in [0.1, 0.15) is 5.56 Å². The van der Waals surface area contributed by atoms with Crippen molar-refractivity contribution in [3.63, 3.8) is 0 Å². The van der Waals surface area contributed by atoms with Gasteiger partial charge in [-0.25, -0.2) is 0 Å². The summed E-state index contributed by atoms with van der Waals surface area (Å²) in [7, 11) is 0. The molecule has 0 atom stereocenters. The second kappa shape index (κ2) is 4.69. The number of hydrogen-bond acceptors (Lipinski definition) is 4. The number of alkyl halides is 3. The molecule has 1 aromatic carbocycles.